The molecule has 1 aliphatic carbocycles. The summed E-state index contributed by atoms with van der Waals surface area (Å²) in [5.74, 6) is 1.86. The van der Waals surface area contributed by atoms with Gasteiger partial charge in [-0.1, -0.05) is 71.6 Å². The van der Waals surface area contributed by atoms with Crippen molar-refractivity contribution in [2.24, 2.45) is 11.8 Å². The third kappa shape index (κ3) is 9.11. The number of hydrogen-bond donors (Lipinski definition) is 1. The molecule has 6 heteroatoms. The van der Waals surface area contributed by atoms with E-state index in [1.165, 1.54) is 57.6 Å². The lowest BCUT2D eigenvalue weighted by molar-refractivity contribution is -0.140. The fraction of sp³-hybridized carbons (Fsp3) is 0.633. The molecule has 1 aromatic carbocycles. The van der Waals surface area contributed by atoms with E-state index in [0.717, 1.165) is 50.0 Å². The first-order valence-electron chi connectivity index (χ1n) is 14.1. The standard InChI is InChI=1S/C30H44N2O4/c1-3-5-7-8-9-11-21-35-27-22-31-28(32-29(27)33)24-17-19-26(20-18-24)36-30(34)25-15-13-23(14-16-25)12-10-6-4-2/h17-20,22-23,25H,3-16,21H2,1-2H3,(H,31,32,33). The molecule has 0 bridgehead atoms. The third-order valence-corrected chi connectivity index (χ3v) is 7.26. The fourth-order valence-corrected chi connectivity index (χ4v) is 4.95. The van der Waals surface area contributed by atoms with Gasteiger partial charge in [-0.15, -0.1) is 0 Å². The van der Waals surface area contributed by atoms with Gasteiger partial charge in [-0.3, -0.25) is 9.59 Å². The highest BCUT2D eigenvalue weighted by atomic mass is 16.5. The van der Waals surface area contributed by atoms with Gasteiger partial charge in [0.05, 0.1) is 18.7 Å². The van der Waals surface area contributed by atoms with Crippen LogP contribution in [-0.4, -0.2) is 22.5 Å². The molecule has 36 heavy (non-hydrogen) atoms. The first-order valence-corrected chi connectivity index (χ1v) is 14.1. The summed E-state index contributed by atoms with van der Waals surface area (Å²) in [5.41, 5.74) is 0.466. The number of esters is 1. The maximum atomic E-state index is 12.6. The van der Waals surface area contributed by atoms with Crippen molar-refractivity contribution in [2.75, 3.05) is 6.61 Å². The number of rotatable bonds is 15. The zero-order chi connectivity index (χ0) is 25.6. The van der Waals surface area contributed by atoms with Crippen LogP contribution >= 0.6 is 0 Å². The van der Waals surface area contributed by atoms with Crippen molar-refractivity contribution in [3.8, 4) is 22.9 Å². The van der Waals surface area contributed by atoms with Gasteiger partial charge in [0.15, 0.2) is 0 Å². The van der Waals surface area contributed by atoms with Crippen molar-refractivity contribution >= 4 is 5.97 Å². The Morgan fingerprint density at radius 2 is 1.58 bits per heavy atom. The molecule has 198 valence electrons. The molecule has 3 rings (SSSR count). The molecule has 1 fully saturated rings. The second kappa shape index (κ2) is 15.5. The van der Waals surface area contributed by atoms with Gasteiger partial charge in [-0.05, 0) is 62.3 Å². The Kier molecular flexibility index (Phi) is 12.0. The van der Waals surface area contributed by atoms with E-state index in [9.17, 15) is 9.59 Å². The van der Waals surface area contributed by atoms with Crippen molar-refractivity contribution in [3.63, 3.8) is 0 Å². The van der Waals surface area contributed by atoms with Crippen LogP contribution in [0.5, 0.6) is 11.5 Å². The molecule has 0 atom stereocenters. The molecule has 0 amide bonds. The van der Waals surface area contributed by atoms with Gasteiger partial charge in [-0.25, -0.2) is 4.98 Å². The number of benzene rings is 1. The SMILES string of the molecule is CCCCCCCCOc1cnc(-c2ccc(OC(=O)C3CCC(CCCCC)CC3)cc2)[nH]c1=O. The quantitative estimate of drug-likeness (QED) is 0.157. The zero-order valence-electron chi connectivity index (χ0n) is 22.2. The van der Waals surface area contributed by atoms with Crippen molar-refractivity contribution in [1.82, 2.24) is 9.97 Å². The number of hydrogen-bond acceptors (Lipinski definition) is 5. The highest BCUT2D eigenvalue weighted by molar-refractivity contribution is 5.75. The lowest BCUT2D eigenvalue weighted by Crippen LogP contribution is -2.25. The molecule has 1 saturated carbocycles. The van der Waals surface area contributed by atoms with Gasteiger partial charge in [0.2, 0.25) is 5.75 Å². The molecule has 1 N–H and O–H groups in total. The summed E-state index contributed by atoms with van der Waals surface area (Å²) in [5, 5.41) is 0. The van der Waals surface area contributed by atoms with E-state index in [1.54, 1.807) is 12.1 Å². The van der Waals surface area contributed by atoms with E-state index in [-0.39, 0.29) is 23.2 Å². The molecule has 1 aliphatic rings. The van der Waals surface area contributed by atoms with Gasteiger partial charge in [0.25, 0.3) is 5.56 Å². The molecule has 0 aliphatic heterocycles. The van der Waals surface area contributed by atoms with Crippen molar-refractivity contribution in [2.45, 2.75) is 104 Å². The Morgan fingerprint density at radius 1 is 0.917 bits per heavy atom. The van der Waals surface area contributed by atoms with Crippen molar-refractivity contribution in [3.05, 3.63) is 40.8 Å². The second-order valence-corrected chi connectivity index (χ2v) is 10.2. The molecule has 2 aromatic rings. The van der Waals surface area contributed by atoms with Gasteiger partial charge in [0, 0.05) is 5.56 Å². The highest BCUT2D eigenvalue weighted by Crippen LogP contribution is 2.33. The molecule has 0 saturated heterocycles. The molecule has 0 unspecified atom stereocenters. The van der Waals surface area contributed by atoms with Gasteiger partial charge in [0.1, 0.15) is 11.6 Å². The maximum Gasteiger partial charge on any atom is 0.314 e. The first-order chi connectivity index (χ1) is 17.6. The number of carbonyl (C=O) groups is 1. The van der Waals surface area contributed by atoms with Crippen molar-refractivity contribution in [1.29, 1.82) is 0 Å². The van der Waals surface area contributed by atoms with E-state index in [0.29, 0.717) is 18.2 Å². The summed E-state index contributed by atoms with van der Waals surface area (Å²) >= 11 is 0. The van der Waals surface area contributed by atoms with E-state index in [2.05, 4.69) is 23.8 Å². The minimum absolute atomic E-state index is 0.00555. The molecule has 6 nitrogen and oxygen atoms in total. The smallest absolute Gasteiger partial charge is 0.314 e. The minimum atomic E-state index is -0.285. The second-order valence-electron chi connectivity index (χ2n) is 10.2. The monoisotopic (exact) mass is 496 g/mol. The van der Waals surface area contributed by atoms with Crippen LogP contribution in [0.3, 0.4) is 0 Å². The average molecular weight is 497 g/mol. The van der Waals surface area contributed by atoms with Crippen LogP contribution < -0.4 is 15.0 Å². The average Bonchev–Trinajstić information content (AvgIpc) is 2.90. The molecule has 1 heterocycles. The Labute approximate surface area is 216 Å². The summed E-state index contributed by atoms with van der Waals surface area (Å²) in [6.07, 6.45) is 17.7. The Morgan fingerprint density at radius 3 is 2.28 bits per heavy atom. The van der Waals surface area contributed by atoms with Crippen LogP contribution in [0.25, 0.3) is 11.4 Å². The minimum Gasteiger partial charge on any atom is -0.487 e. The van der Waals surface area contributed by atoms with Crippen LogP contribution in [0.4, 0.5) is 0 Å². The predicted octanol–water partition coefficient (Wildman–Crippen LogP) is 7.47. The van der Waals surface area contributed by atoms with Gasteiger partial charge in [-0.2, -0.15) is 0 Å². The summed E-state index contributed by atoms with van der Waals surface area (Å²) in [6, 6.07) is 7.13. The lowest BCUT2D eigenvalue weighted by Gasteiger charge is -2.27. The fourth-order valence-electron chi connectivity index (χ4n) is 4.95. The van der Waals surface area contributed by atoms with Crippen LogP contribution in [0.2, 0.25) is 0 Å². The molecular weight excluding hydrogens is 452 g/mol. The molecule has 1 aromatic heterocycles. The summed E-state index contributed by atoms with van der Waals surface area (Å²) in [4.78, 5) is 32.2. The number of aromatic amines is 1. The normalized spacial score (nSPS) is 17.6. The third-order valence-electron chi connectivity index (χ3n) is 7.26. The molecule has 0 spiro atoms. The maximum absolute atomic E-state index is 12.6. The largest absolute Gasteiger partial charge is 0.487 e. The Hall–Kier alpha value is -2.63. The number of H-pyrrole nitrogens is 1. The van der Waals surface area contributed by atoms with E-state index in [4.69, 9.17) is 9.47 Å². The number of ether oxygens (including phenoxy) is 2. The summed E-state index contributed by atoms with van der Waals surface area (Å²) in [6.45, 7) is 4.96. The number of aromatic nitrogens is 2. The molecular formula is C30H44N2O4. The summed E-state index contributed by atoms with van der Waals surface area (Å²) < 4.78 is 11.3. The lowest BCUT2D eigenvalue weighted by atomic mass is 9.80. The zero-order valence-corrected chi connectivity index (χ0v) is 22.2. The van der Waals surface area contributed by atoms with Crippen LogP contribution in [-0.2, 0) is 4.79 Å². The van der Waals surface area contributed by atoms with Crippen LogP contribution in [0.15, 0.2) is 35.3 Å². The van der Waals surface area contributed by atoms with Crippen LogP contribution in [0, 0.1) is 11.8 Å². The predicted molar refractivity (Wildman–Crippen MR) is 144 cm³/mol. The van der Waals surface area contributed by atoms with E-state index >= 15 is 0 Å². The number of nitrogens with zero attached hydrogens (tertiary/aromatic N) is 1. The Balaban J connectivity index is 1.44. The topological polar surface area (TPSA) is 81.3 Å². The van der Waals surface area contributed by atoms with E-state index in [1.807, 2.05) is 12.1 Å². The van der Waals surface area contributed by atoms with E-state index < -0.39 is 0 Å². The highest BCUT2D eigenvalue weighted by Gasteiger charge is 2.27. The van der Waals surface area contributed by atoms with Gasteiger partial charge >= 0.3 is 5.97 Å². The van der Waals surface area contributed by atoms with Gasteiger partial charge < -0.3 is 14.5 Å². The van der Waals surface area contributed by atoms with Crippen molar-refractivity contribution < 1.29 is 14.3 Å². The van der Waals surface area contributed by atoms with Crippen LogP contribution in [0.1, 0.15) is 104 Å². The number of nitrogens with one attached hydrogen (secondary N) is 1. The first kappa shape index (κ1) is 27.9. The number of carbonyl (C=O) groups excluding carboxylic acids is 1. The molecule has 0 radical (unpaired) electrons. The summed E-state index contributed by atoms with van der Waals surface area (Å²) in [7, 11) is 0. The Bertz CT molecular complexity index is 962. The number of unbranched alkanes of at least 4 members (excludes halogenated alkanes) is 7.